The number of fused-ring (bicyclic) bond motifs is 1. The molecule has 6 heteroatoms. The fourth-order valence-electron chi connectivity index (χ4n) is 4.46. The average Bonchev–Trinajstić information content (AvgIpc) is 3.19. The number of methoxy groups -OCH3 is 2. The third kappa shape index (κ3) is 7.27. The van der Waals surface area contributed by atoms with Gasteiger partial charge in [0.05, 0.1) is 25.9 Å². The molecule has 31 heavy (non-hydrogen) atoms. The smallest absolute Gasteiger partial charge is 0.305 e. The third-order valence-electron chi connectivity index (χ3n) is 7.31. The monoisotopic (exact) mass is 452 g/mol. The summed E-state index contributed by atoms with van der Waals surface area (Å²) in [5, 5.41) is 0.201. The van der Waals surface area contributed by atoms with Crippen LogP contribution >= 0.6 is 0 Å². The number of esters is 1. The van der Waals surface area contributed by atoms with Gasteiger partial charge in [0.1, 0.15) is 0 Å². The van der Waals surface area contributed by atoms with Crippen molar-refractivity contribution in [3.05, 3.63) is 23.8 Å². The van der Waals surface area contributed by atoms with E-state index in [1.165, 1.54) is 12.7 Å². The first-order valence-corrected chi connectivity index (χ1v) is 14.6. The second-order valence-corrected chi connectivity index (χ2v) is 15.5. The van der Waals surface area contributed by atoms with Crippen LogP contribution in [0.5, 0.6) is 0 Å². The van der Waals surface area contributed by atoms with Gasteiger partial charge in [0.15, 0.2) is 8.32 Å². The SMILES string of the molecule is COCC(C)OC1CC2C=C(C=CCCC(=O)OC)CC2C1CO[Si](C)(C)C(C)(C)C. The maximum Gasteiger partial charge on any atom is 0.305 e. The van der Waals surface area contributed by atoms with E-state index in [2.05, 4.69) is 59.0 Å². The zero-order chi connectivity index (χ0) is 23.2. The van der Waals surface area contributed by atoms with Crippen LogP contribution in [0.15, 0.2) is 23.8 Å². The second-order valence-electron chi connectivity index (χ2n) is 10.7. The molecule has 0 amide bonds. The minimum absolute atomic E-state index is 0.0888. The molecular formula is C25H44O5Si. The first-order chi connectivity index (χ1) is 14.5. The van der Waals surface area contributed by atoms with Crippen LogP contribution in [0.1, 0.15) is 53.4 Å². The van der Waals surface area contributed by atoms with Gasteiger partial charge in [0.2, 0.25) is 0 Å². The fraction of sp³-hybridized carbons (Fsp3) is 0.800. The van der Waals surface area contributed by atoms with Gasteiger partial charge < -0.3 is 18.6 Å². The van der Waals surface area contributed by atoms with Crippen molar-refractivity contribution < 1.29 is 23.4 Å². The van der Waals surface area contributed by atoms with E-state index in [-0.39, 0.29) is 23.2 Å². The van der Waals surface area contributed by atoms with Crippen molar-refractivity contribution in [2.24, 2.45) is 17.8 Å². The predicted molar refractivity (Wildman–Crippen MR) is 128 cm³/mol. The molecule has 2 aliphatic rings. The Morgan fingerprint density at radius 1 is 1.29 bits per heavy atom. The van der Waals surface area contributed by atoms with E-state index in [1.54, 1.807) is 7.11 Å². The maximum atomic E-state index is 11.3. The predicted octanol–water partition coefficient (Wildman–Crippen LogP) is 5.52. The molecule has 0 aromatic heterocycles. The van der Waals surface area contributed by atoms with Crippen LogP contribution in [0.4, 0.5) is 0 Å². The van der Waals surface area contributed by atoms with Crippen molar-refractivity contribution in [3.8, 4) is 0 Å². The molecule has 0 radical (unpaired) electrons. The molecule has 0 aromatic rings. The van der Waals surface area contributed by atoms with E-state index in [0.29, 0.717) is 30.8 Å². The van der Waals surface area contributed by atoms with Crippen LogP contribution in [0.25, 0.3) is 0 Å². The zero-order valence-corrected chi connectivity index (χ0v) is 21.9. The average molecular weight is 453 g/mol. The number of hydrogen-bond donors (Lipinski definition) is 0. The van der Waals surface area contributed by atoms with Gasteiger partial charge in [-0.25, -0.2) is 0 Å². The van der Waals surface area contributed by atoms with E-state index in [4.69, 9.17) is 18.6 Å². The first kappa shape index (κ1) is 26.3. The van der Waals surface area contributed by atoms with Crippen LogP contribution in [-0.2, 0) is 23.4 Å². The van der Waals surface area contributed by atoms with Gasteiger partial charge in [-0.1, -0.05) is 44.6 Å². The Balaban J connectivity index is 2.04. The lowest BCUT2D eigenvalue weighted by molar-refractivity contribution is -0.140. The quantitative estimate of drug-likeness (QED) is 0.305. The number of ether oxygens (including phenoxy) is 3. The lowest BCUT2D eigenvalue weighted by atomic mass is 9.90. The minimum Gasteiger partial charge on any atom is -0.469 e. The van der Waals surface area contributed by atoms with E-state index in [0.717, 1.165) is 25.9 Å². The summed E-state index contributed by atoms with van der Waals surface area (Å²) >= 11 is 0. The highest BCUT2D eigenvalue weighted by atomic mass is 28.4. The Morgan fingerprint density at radius 2 is 2.00 bits per heavy atom. The molecule has 0 saturated heterocycles. The molecule has 0 heterocycles. The molecule has 1 fully saturated rings. The summed E-state index contributed by atoms with van der Waals surface area (Å²) in [4.78, 5) is 11.3. The summed E-state index contributed by atoms with van der Waals surface area (Å²) in [7, 11) is 1.35. The van der Waals surface area contributed by atoms with Gasteiger partial charge in [0, 0.05) is 26.1 Å². The number of carbonyl (C=O) groups excluding carboxylic acids is 1. The standard InChI is InChI=1S/C25H44O5Si/c1-18(16-27-5)30-23-15-20-13-19(11-9-10-12-24(26)28-6)14-21(20)22(23)17-29-31(7,8)25(2,3)4/h9,11,13,18,20-23H,10,12,14-17H2,1-8H3. The first-order valence-electron chi connectivity index (χ1n) is 11.7. The van der Waals surface area contributed by atoms with E-state index in [1.807, 2.05) is 0 Å². The number of allylic oxidation sites excluding steroid dienone is 4. The number of hydrogen-bond acceptors (Lipinski definition) is 5. The van der Waals surface area contributed by atoms with Crippen molar-refractivity contribution in [1.29, 1.82) is 0 Å². The fourth-order valence-corrected chi connectivity index (χ4v) is 5.51. The highest BCUT2D eigenvalue weighted by Crippen LogP contribution is 2.49. The summed E-state index contributed by atoms with van der Waals surface area (Å²) in [6.07, 6.45) is 10.3. The number of rotatable bonds is 11. The summed E-state index contributed by atoms with van der Waals surface area (Å²) in [5.41, 5.74) is 1.38. The zero-order valence-electron chi connectivity index (χ0n) is 20.9. The van der Waals surface area contributed by atoms with Crippen LogP contribution in [0.2, 0.25) is 18.1 Å². The maximum absolute atomic E-state index is 11.3. The number of carbonyl (C=O) groups is 1. The lowest BCUT2D eigenvalue weighted by Gasteiger charge is -2.38. The molecule has 5 nitrogen and oxygen atoms in total. The van der Waals surface area contributed by atoms with Crippen LogP contribution in [0.3, 0.4) is 0 Å². The van der Waals surface area contributed by atoms with Crippen LogP contribution in [-0.4, -0.2) is 53.9 Å². The largest absolute Gasteiger partial charge is 0.469 e. The molecule has 0 N–H and O–H groups in total. The van der Waals surface area contributed by atoms with Gasteiger partial charge in [-0.3, -0.25) is 4.79 Å². The molecule has 0 spiro atoms. The Hall–Kier alpha value is -0.953. The van der Waals surface area contributed by atoms with Crippen LogP contribution < -0.4 is 0 Å². The van der Waals surface area contributed by atoms with Gasteiger partial charge in [0.25, 0.3) is 0 Å². The highest BCUT2D eigenvalue weighted by Gasteiger charge is 2.47. The molecule has 1 saturated carbocycles. The Bertz CT molecular complexity index is 649. The molecule has 0 aliphatic heterocycles. The molecule has 5 unspecified atom stereocenters. The Labute approximate surface area is 190 Å². The molecule has 0 aromatic carbocycles. The van der Waals surface area contributed by atoms with E-state index in [9.17, 15) is 4.79 Å². The molecule has 178 valence electrons. The lowest BCUT2D eigenvalue weighted by Crippen LogP contribution is -2.43. The summed E-state index contributed by atoms with van der Waals surface area (Å²) in [6, 6.07) is 0. The van der Waals surface area contributed by atoms with Gasteiger partial charge >= 0.3 is 5.97 Å². The summed E-state index contributed by atoms with van der Waals surface area (Å²) < 4.78 is 23.1. The molecule has 0 bridgehead atoms. The van der Waals surface area contributed by atoms with Crippen molar-refractivity contribution in [3.63, 3.8) is 0 Å². The third-order valence-corrected chi connectivity index (χ3v) is 11.8. The summed E-state index contributed by atoms with van der Waals surface area (Å²) in [6.45, 7) is 15.0. The Morgan fingerprint density at radius 3 is 2.61 bits per heavy atom. The van der Waals surface area contributed by atoms with Crippen molar-refractivity contribution in [2.75, 3.05) is 27.4 Å². The van der Waals surface area contributed by atoms with Gasteiger partial charge in [-0.05, 0) is 56.2 Å². The van der Waals surface area contributed by atoms with E-state index >= 15 is 0 Å². The second kappa shape index (κ2) is 11.3. The topological polar surface area (TPSA) is 54.0 Å². The normalized spacial score (nSPS) is 27.4. The van der Waals surface area contributed by atoms with E-state index < -0.39 is 8.32 Å². The van der Waals surface area contributed by atoms with Gasteiger partial charge in [-0.2, -0.15) is 0 Å². The minimum atomic E-state index is -1.81. The van der Waals surface area contributed by atoms with Crippen molar-refractivity contribution >= 4 is 14.3 Å². The molecule has 2 rings (SSSR count). The summed E-state index contributed by atoms with van der Waals surface area (Å²) in [5.74, 6) is 1.34. The van der Waals surface area contributed by atoms with Crippen molar-refractivity contribution in [2.45, 2.75) is 83.7 Å². The molecule has 2 aliphatic carbocycles. The highest BCUT2D eigenvalue weighted by molar-refractivity contribution is 6.74. The molecule has 5 atom stereocenters. The van der Waals surface area contributed by atoms with Crippen molar-refractivity contribution in [1.82, 2.24) is 0 Å². The van der Waals surface area contributed by atoms with Crippen LogP contribution in [0, 0.1) is 17.8 Å². The van der Waals surface area contributed by atoms with Gasteiger partial charge in [-0.15, -0.1) is 0 Å². The Kier molecular flexibility index (Phi) is 9.55. The molecular weight excluding hydrogens is 408 g/mol.